The Kier molecular flexibility index (Phi) is 2.55. The molecule has 0 fully saturated rings. The summed E-state index contributed by atoms with van der Waals surface area (Å²) >= 11 is 5.74. The smallest absolute Gasteiger partial charge is 0.312 e. The monoisotopic (exact) mass is 267 g/mol. The first kappa shape index (κ1) is 11.5. The molecule has 1 aliphatic rings. The van der Waals surface area contributed by atoms with Crippen molar-refractivity contribution in [3.8, 4) is 0 Å². The molecule has 1 heterocycles. The Morgan fingerprint density at radius 1 is 1.50 bits per heavy atom. The topological polar surface area (TPSA) is 53.1 Å². The van der Waals surface area contributed by atoms with Crippen LogP contribution in [0.25, 0.3) is 10.9 Å². The molecule has 1 aliphatic carbocycles. The minimum Gasteiger partial charge on any atom is -0.481 e. The van der Waals surface area contributed by atoms with E-state index in [4.69, 9.17) is 11.6 Å². The highest BCUT2D eigenvalue weighted by Crippen LogP contribution is 2.37. The molecule has 0 bridgehead atoms. The Morgan fingerprint density at radius 3 is 3.00 bits per heavy atom. The zero-order valence-corrected chi connectivity index (χ0v) is 10.2. The van der Waals surface area contributed by atoms with Crippen molar-refractivity contribution in [2.24, 2.45) is 0 Å². The van der Waals surface area contributed by atoms with Gasteiger partial charge in [0.05, 0.1) is 10.9 Å². The average Bonchev–Trinajstić information content (AvgIpc) is 2.67. The fourth-order valence-electron chi connectivity index (χ4n) is 2.71. The van der Waals surface area contributed by atoms with E-state index in [9.17, 15) is 14.3 Å². The van der Waals surface area contributed by atoms with Gasteiger partial charge in [-0.15, -0.1) is 0 Å². The molecule has 1 aromatic carbocycles. The van der Waals surface area contributed by atoms with Gasteiger partial charge < -0.3 is 10.1 Å². The molecule has 3 rings (SSSR count). The normalized spacial score (nSPS) is 18.9. The number of fused-ring (bicyclic) bond motifs is 3. The SMILES string of the molecule is O=C(O)C1CCCc2c1[nH]c1cc(Cl)c(F)cc21. The zero-order chi connectivity index (χ0) is 12.9. The van der Waals surface area contributed by atoms with Crippen LogP contribution in [0, 0.1) is 5.82 Å². The molecule has 3 nitrogen and oxygen atoms in total. The summed E-state index contributed by atoms with van der Waals surface area (Å²) in [5, 5.41) is 10.00. The summed E-state index contributed by atoms with van der Waals surface area (Å²) in [4.78, 5) is 14.3. The largest absolute Gasteiger partial charge is 0.481 e. The van der Waals surface area contributed by atoms with Crippen molar-refractivity contribution < 1.29 is 14.3 Å². The molecule has 1 unspecified atom stereocenters. The number of carbonyl (C=O) groups is 1. The standard InChI is InChI=1S/C13H11ClFNO2/c14-9-5-11-8(4-10(9)15)6-2-1-3-7(13(17)18)12(6)16-11/h4-5,7,16H,1-3H2,(H,17,18). The van der Waals surface area contributed by atoms with Gasteiger partial charge in [0, 0.05) is 16.6 Å². The number of nitrogens with one attached hydrogen (secondary N) is 1. The average molecular weight is 268 g/mol. The minimum absolute atomic E-state index is 0.0490. The number of carboxylic acids is 1. The Bertz CT molecular complexity index is 650. The van der Waals surface area contributed by atoms with Crippen molar-refractivity contribution in [1.29, 1.82) is 0 Å². The van der Waals surface area contributed by atoms with Crippen molar-refractivity contribution in [3.05, 3.63) is 34.2 Å². The van der Waals surface area contributed by atoms with Crippen LogP contribution >= 0.6 is 11.6 Å². The molecular formula is C13H11ClFNO2. The molecule has 5 heteroatoms. The molecule has 0 spiro atoms. The number of aromatic nitrogens is 1. The third-order valence-electron chi connectivity index (χ3n) is 3.55. The van der Waals surface area contributed by atoms with Gasteiger partial charge in [0.2, 0.25) is 0 Å². The van der Waals surface area contributed by atoms with E-state index < -0.39 is 17.7 Å². The number of halogens is 2. The molecule has 0 saturated carbocycles. The van der Waals surface area contributed by atoms with E-state index in [2.05, 4.69) is 4.98 Å². The molecule has 0 amide bonds. The highest BCUT2D eigenvalue weighted by atomic mass is 35.5. The lowest BCUT2D eigenvalue weighted by Crippen LogP contribution is -2.17. The number of H-pyrrole nitrogens is 1. The van der Waals surface area contributed by atoms with E-state index in [0.29, 0.717) is 17.6 Å². The Labute approximate surface area is 108 Å². The van der Waals surface area contributed by atoms with Crippen LogP contribution < -0.4 is 0 Å². The van der Waals surface area contributed by atoms with E-state index in [0.717, 1.165) is 23.8 Å². The molecule has 2 N–H and O–H groups in total. The molecular weight excluding hydrogens is 257 g/mol. The number of hydrogen-bond donors (Lipinski definition) is 2. The number of rotatable bonds is 1. The summed E-state index contributed by atoms with van der Waals surface area (Å²) in [5.74, 6) is -1.83. The number of benzene rings is 1. The second-order valence-corrected chi connectivity index (χ2v) is 5.02. The van der Waals surface area contributed by atoms with Gasteiger partial charge in [0.1, 0.15) is 5.82 Å². The molecule has 0 radical (unpaired) electrons. The van der Waals surface area contributed by atoms with Gasteiger partial charge in [0.15, 0.2) is 0 Å². The summed E-state index contributed by atoms with van der Waals surface area (Å²) in [6.45, 7) is 0. The molecule has 0 aliphatic heterocycles. The summed E-state index contributed by atoms with van der Waals surface area (Å²) in [6.07, 6.45) is 2.20. The van der Waals surface area contributed by atoms with Gasteiger partial charge in [-0.1, -0.05) is 11.6 Å². The van der Waals surface area contributed by atoms with E-state index in [1.807, 2.05) is 0 Å². The van der Waals surface area contributed by atoms with Crippen LogP contribution in [0.4, 0.5) is 4.39 Å². The van der Waals surface area contributed by atoms with Gasteiger partial charge in [-0.05, 0) is 37.0 Å². The summed E-state index contributed by atoms with van der Waals surface area (Å²) in [6, 6.07) is 2.90. The summed E-state index contributed by atoms with van der Waals surface area (Å²) in [7, 11) is 0. The maximum absolute atomic E-state index is 13.5. The van der Waals surface area contributed by atoms with E-state index in [1.54, 1.807) is 0 Å². The molecule has 18 heavy (non-hydrogen) atoms. The molecule has 1 aromatic heterocycles. The lowest BCUT2D eigenvalue weighted by Gasteiger charge is -2.18. The van der Waals surface area contributed by atoms with Crippen LogP contribution in [0.15, 0.2) is 12.1 Å². The predicted molar refractivity (Wildman–Crippen MR) is 66.6 cm³/mol. The van der Waals surface area contributed by atoms with Crippen molar-refractivity contribution >= 4 is 28.5 Å². The maximum Gasteiger partial charge on any atom is 0.312 e. The van der Waals surface area contributed by atoms with E-state index in [-0.39, 0.29) is 5.02 Å². The summed E-state index contributed by atoms with van der Waals surface area (Å²) < 4.78 is 13.5. The van der Waals surface area contributed by atoms with Crippen molar-refractivity contribution in [3.63, 3.8) is 0 Å². The zero-order valence-electron chi connectivity index (χ0n) is 9.46. The highest BCUT2D eigenvalue weighted by molar-refractivity contribution is 6.31. The van der Waals surface area contributed by atoms with Crippen LogP contribution in [0.2, 0.25) is 5.02 Å². The van der Waals surface area contributed by atoms with E-state index >= 15 is 0 Å². The number of hydrogen-bond acceptors (Lipinski definition) is 1. The fourth-order valence-corrected chi connectivity index (χ4v) is 2.87. The number of carboxylic acid groups (broad SMARTS) is 1. The molecule has 2 aromatic rings. The minimum atomic E-state index is -0.839. The van der Waals surface area contributed by atoms with Crippen molar-refractivity contribution in [2.45, 2.75) is 25.2 Å². The Hall–Kier alpha value is -1.55. The van der Waals surface area contributed by atoms with E-state index in [1.165, 1.54) is 12.1 Å². The van der Waals surface area contributed by atoms with Gasteiger partial charge in [-0.2, -0.15) is 0 Å². The van der Waals surface area contributed by atoms with Crippen molar-refractivity contribution in [1.82, 2.24) is 4.98 Å². The molecule has 94 valence electrons. The lowest BCUT2D eigenvalue weighted by molar-refractivity contribution is -0.139. The number of aromatic amines is 1. The number of aryl methyl sites for hydroxylation is 1. The Morgan fingerprint density at radius 2 is 2.28 bits per heavy atom. The van der Waals surface area contributed by atoms with Gasteiger partial charge in [0.25, 0.3) is 0 Å². The molecule has 0 saturated heterocycles. The Balaban J connectivity index is 2.27. The lowest BCUT2D eigenvalue weighted by atomic mass is 9.87. The highest BCUT2D eigenvalue weighted by Gasteiger charge is 2.29. The predicted octanol–water partition coefficient (Wildman–Crippen LogP) is 3.46. The first-order valence-corrected chi connectivity index (χ1v) is 6.18. The van der Waals surface area contributed by atoms with Crippen LogP contribution in [0.5, 0.6) is 0 Å². The fraction of sp³-hybridized carbons (Fsp3) is 0.308. The second kappa shape index (κ2) is 3.99. The molecule has 1 atom stereocenters. The van der Waals surface area contributed by atoms with Crippen LogP contribution in [-0.4, -0.2) is 16.1 Å². The van der Waals surface area contributed by atoms with Crippen LogP contribution in [0.3, 0.4) is 0 Å². The van der Waals surface area contributed by atoms with Gasteiger partial charge in [-0.3, -0.25) is 4.79 Å². The first-order chi connectivity index (χ1) is 8.58. The summed E-state index contributed by atoms with van der Waals surface area (Å²) in [5.41, 5.74) is 2.32. The third-order valence-corrected chi connectivity index (χ3v) is 3.84. The van der Waals surface area contributed by atoms with Crippen LogP contribution in [0.1, 0.15) is 30.0 Å². The quantitative estimate of drug-likeness (QED) is 0.831. The third kappa shape index (κ3) is 1.60. The van der Waals surface area contributed by atoms with Gasteiger partial charge in [-0.25, -0.2) is 4.39 Å². The second-order valence-electron chi connectivity index (χ2n) is 4.61. The van der Waals surface area contributed by atoms with Gasteiger partial charge >= 0.3 is 5.97 Å². The first-order valence-electron chi connectivity index (χ1n) is 5.80. The number of aliphatic carboxylic acids is 1. The maximum atomic E-state index is 13.5. The van der Waals surface area contributed by atoms with Crippen molar-refractivity contribution in [2.75, 3.05) is 0 Å². The van der Waals surface area contributed by atoms with Crippen LogP contribution in [-0.2, 0) is 11.2 Å².